The fourth-order valence-electron chi connectivity index (χ4n) is 3.59. The van der Waals surface area contributed by atoms with Crippen LogP contribution in [0.15, 0.2) is 48.5 Å². The van der Waals surface area contributed by atoms with Crippen LogP contribution in [0.1, 0.15) is 23.7 Å². The third-order valence-electron chi connectivity index (χ3n) is 4.96. The van der Waals surface area contributed by atoms with Crippen LogP contribution in [-0.4, -0.2) is 36.3 Å². The van der Waals surface area contributed by atoms with Crippen molar-refractivity contribution < 1.29 is 13.9 Å². The van der Waals surface area contributed by atoms with E-state index >= 15 is 0 Å². The molecule has 1 aliphatic heterocycles. The van der Waals surface area contributed by atoms with Crippen LogP contribution in [0.5, 0.6) is 5.88 Å². The number of para-hydroxylation sites is 1. The summed E-state index contributed by atoms with van der Waals surface area (Å²) in [5, 5.41) is 4.25. The Morgan fingerprint density at radius 1 is 1.11 bits per heavy atom. The fraction of sp³-hybridized carbons (Fsp3) is 0.333. The summed E-state index contributed by atoms with van der Waals surface area (Å²) in [5.74, 6) is 1.14. The Balaban J connectivity index is 1.52. The lowest BCUT2D eigenvalue weighted by molar-refractivity contribution is 0.00735. The van der Waals surface area contributed by atoms with E-state index in [2.05, 4.69) is 15.3 Å². The minimum atomic E-state index is -0.221. The number of halogens is 1. The lowest BCUT2D eigenvalue weighted by Gasteiger charge is -2.32. The van der Waals surface area contributed by atoms with E-state index in [0.29, 0.717) is 18.3 Å². The van der Waals surface area contributed by atoms with Crippen molar-refractivity contribution in [3.8, 4) is 5.88 Å². The summed E-state index contributed by atoms with van der Waals surface area (Å²) in [6.07, 6.45) is 0.920. The molecule has 1 saturated heterocycles. The quantitative estimate of drug-likeness (QED) is 0.749. The van der Waals surface area contributed by atoms with Gasteiger partial charge in [-0.15, -0.1) is 0 Å². The Morgan fingerprint density at radius 2 is 1.93 bits per heavy atom. The Kier molecular flexibility index (Phi) is 5.27. The van der Waals surface area contributed by atoms with E-state index in [4.69, 9.17) is 9.47 Å². The fourth-order valence-corrected chi connectivity index (χ4v) is 3.59. The molecule has 0 radical (unpaired) electrons. The van der Waals surface area contributed by atoms with Crippen LogP contribution in [0, 0.1) is 5.82 Å². The number of methoxy groups -OCH3 is 1. The number of nitrogens with one attached hydrogen (secondary N) is 1. The molecule has 1 aromatic heterocycles. The predicted molar refractivity (Wildman–Crippen MR) is 101 cm³/mol. The Labute approximate surface area is 157 Å². The molecule has 6 heteroatoms. The summed E-state index contributed by atoms with van der Waals surface area (Å²) in [4.78, 5) is 9.08. The van der Waals surface area contributed by atoms with E-state index in [1.165, 1.54) is 12.1 Å². The van der Waals surface area contributed by atoms with E-state index in [-0.39, 0.29) is 17.8 Å². The molecule has 0 bridgehead atoms. The molecule has 1 aliphatic rings. The first-order valence-electron chi connectivity index (χ1n) is 9.12. The largest absolute Gasteiger partial charge is 0.480 e. The molecule has 3 aromatic rings. The first kappa shape index (κ1) is 17.8. The highest BCUT2D eigenvalue weighted by Crippen LogP contribution is 2.29. The Hall–Kier alpha value is -2.57. The van der Waals surface area contributed by atoms with Crippen LogP contribution in [0.2, 0.25) is 0 Å². The third-order valence-corrected chi connectivity index (χ3v) is 4.96. The lowest BCUT2D eigenvalue weighted by atomic mass is 9.88. The molecule has 5 nitrogen and oxygen atoms in total. The van der Waals surface area contributed by atoms with Crippen LogP contribution in [-0.2, 0) is 11.3 Å². The number of hydrogen-bond acceptors (Lipinski definition) is 5. The third kappa shape index (κ3) is 3.91. The van der Waals surface area contributed by atoms with Crippen molar-refractivity contribution in [1.29, 1.82) is 0 Å². The van der Waals surface area contributed by atoms with E-state index in [9.17, 15) is 4.39 Å². The number of aromatic nitrogens is 2. The minimum Gasteiger partial charge on any atom is -0.480 e. The maximum Gasteiger partial charge on any atom is 0.224 e. The molecule has 2 unspecified atom stereocenters. The van der Waals surface area contributed by atoms with Crippen molar-refractivity contribution in [1.82, 2.24) is 15.3 Å². The average molecular weight is 367 g/mol. The molecule has 0 aliphatic carbocycles. The smallest absolute Gasteiger partial charge is 0.224 e. The molecule has 4 rings (SSSR count). The second-order valence-electron chi connectivity index (χ2n) is 6.67. The van der Waals surface area contributed by atoms with Crippen molar-refractivity contribution >= 4 is 10.9 Å². The molecule has 0 spiro atoms. The van der Waals surface area contributed by atoms with Crippen molar-refractivity contribution in [3.05, 3.63) is 65.7 Å². The maximum atomic E-state index is 13.2. The van der Waals surface area contributed by atoms with Crippen molar-refractivity contribution in [2.75, 3.05) is 20.2 Å². The summed E-state index contributed by atoms with van der Waals surface area (Å²) in [6, 6.07) is 14.5. The molecule has 0 amide bonds. The molecule has 1 N–H and O–H groups in total. The standard InChI is InChI=1S/C21H22FN3O2/c1-26-21-17-4-2-3-5-18(17)24-20(25-21)13-27-19-12-23-11-10-16(19)14-6-8-15(22)9-7-14/h2-9,16,19,23H,10-13H2,1H3. The number of piperidine rings is 1. The SMILES string of the molecule is COc1nc(COC2CNCCC2c2ccc(F)cc2)nc2ccccc12. The number of nitrogens with zero attached hydrogens (tertiary/aromatic N) is 2. The highest BCUT2D eigenvalue weighted by Gasteiger charge is 2.27. The zero-order chi connectivity index (χ0) is 18.6. The number of ether oxygens (including phenoxy) is 2. The van der Waals surface area contributed by atoms with Crippen molar-refractivity contribution in [3.63, 3.8) is 0 Å². The first-order chi connectivity index (χ1) is 13.2. The van der Waals surface area contributed by atoms with Crippen molar-refractivity contribution in [2.24, 2.45) is 0 Å². The molecule has 140 valence electrons. The number of rotatable bonds is 5. The number of fused-ring (bicyclic) bond motifs is 1. The van der Waals surface area contributed by atoms with Gasteiger partial charge in [-0.1, -0.05) is 24.3 Å². The van der Waals surface area contributed by atoms with E-state index < -0.39 is 0 Å². The minimum absolute atomic E-state index is 0.0229. The molecular weight excluding hydrogens is 345 g/mol. The second-order valence-corrected chi connectivity index (χ2v) is 6.67. The highest BCUT2D eigenvalue weighted by molar-refractivity contribution is 5.83. The summed E-state index contributed by atoms with van der Waals surface area (Å²) < 4.78 is 24.8. The lowest BCUT2D eigenvalue weighted by Crippen LogP contribution is -2.41. The molecule has 27 heavy (non-hydrogen) atoms. The summed E-state index contributed by atoms with van der Waals surface area (Å²) in [7, 11) is 1.61. The summed E-state index contributed by atoms with van der Waals surface area (Å²) >= 11 is 0. The number of benzene rings is 2. The van der Waals surface area contributed by atoms with Gasteiger partial charge in [-0.2, -0.15) is 4.98 Å². The first-order valence-corrected chi connectivity index (χ1v) is 9.12. The van der Waals surface area contributed by atoms with Crippen LogP contribution in [0.4, 0.5) is 4.39 Å². The van der Waals surface area contributed by atoms with Gasteiger partial charge in [0.1, 0.15) is 12.4 Å². The highest BCUT2D eigenvalue weighted by atomic mass is 19.1. The van der Waals surface area contributed by atoms with Gasteiger partial charge in [-0.3, -0.25) is 0 Å². The normalized spacial score (nSPS) is 19.9. The van der Waals surface area contributed by atoms with Gasteiger partial charge in [0, 0.05) is 12.5 Å². The van der Waals surface area contributed by atoms with Gasteiger partial charge in [0.25, 0.3) is 0 Å². The Bertz CT molecular complexity index is 917. The molecule has 0 saturated carbocycles. The zero-order valence-electron chi connectivity index (χ0n) is 15.2. The van der Waals surface area contributed by atoms with Gasteiger partial charge in [0.2, 0.25) is 5.88 Å². The Morgan fingerprint density at radius 3 is 2.74 bits per heavy atom. The summed E-state index contributed by atoms with van der Waals surface area (Å²) in [6.45, 7) is 1.96. The van der Waals surface area contributed by atoms with Crippen LogP contribution in [0.3, 0.4) is 0 Å². The summed E-state index contributed by atoms with van der Waals surface area (Å²) in [5.41, 5.74) is 1.93. The molecule has 2 heterocycles. The van der Waals surface area contributed by atoms with Crippen LogP contribution >= 0.6 is 0 Å². The van der Waals surface area contributed by atoms with Gasteiger partial charge in [-0.25, -0.2) is 9.37 Å². The maximum absolute atomic E-state index is 13.2. The van der Waals surface area contributed by atoms with E-state index in [1.54, 1.807) is 7.11 Å². The monoisotopic (exact) mass is 367 g/mol. The van der Waals surface area contributed by atoms with Gasteiger partial charge < -0.3 is 14.8 Å². The van der Waals surface area contributed by atoms with Crippen LogP contribution in [0.25, 0.3) is 10.9 Å². The van der Waals surface area contributed by atoms with Gasteiger partial charge in [0.15, 0.2) is 5.82 Å². The van der Waals surface area contributed by atoms with Gasteiger partial charge in [-0.05, 0) is 42.8 Å². The number of hydrogen-bond donors (Lipinski definition) is 1. The zero-order valence-corrected chi connectivity index (χ0v) is 15.2. The topological polar surface area (TPSA) is 56.3 Å². The van der Waals surface area contributed by atoms with E-state index in [1.807, 2.05) is 36.4 Å². The average Bonchev–Trinajstić information content (AvgIpc) is 2.72. The van der Waals surface area contributed by atoms with Crippen LogP contribution < -0.4 is 10.1 Å². The molecule has 2 aromatic carbocycles. The van der Waals surface area contributed by atoms with Crippen molar-refractivity contribution in [2.45, 2.75) is 25.0 Å². The molecule has 1 fully saturated rings. The second kappa shape index (κ2) is 7.98. The molecular formula is C21H22FN3O2. The molecule has 2 atom stereocenters. The van der Waals surface area contributed by atoms with Gasteiger partial charge in [0.05, 0.1) is 24.1 Å². The van der Waals surface area contributed by atoms with Gasteiger partial charge >= 0.3 is 0 Å². The van der Waals surface area contributed by atoms with E-state index in [0.717, 1.165) is 36.0 Å². The predicted octanol–water partition coefficient (Wildman–Crippen LogP) is 3.44.